The molecule has 2 unspecified atom stereocenters. The standard InChI is InChI=1S/C22H34O5/c1-7-19(3,4)17(24)27-22-11-14-9-21(13-22,10-15(12-22)16(14)23)18(25)26-20(5,6)8-2/h14-15H,7-13H2,1-6H3. The Morgan fingerprint density at radius 2 is 1.56 bits per heavy atom. The summed E-state index contributed by atoms with van der Waals surface area (Å²) in [6.07, 6.45) is 4.09. The van der Waals surface area contributed by atoms with Gasteiger partial charge in [-0.25, -0.2) is 0 Å². The van der Waals surface area contributed by atoms with Crippen LogP contribution in [0.25, 0.3) is 0 Å². The number of hydrogen-bond donors (Lipinski definition) is 0. The number of carbonyl (C=O) groups is 3. The summed E-state index contributed by atoms with van der Waals surface area (Å²) in [5.74, 6) is -0.584. The van der Waals surface area contributed by atoms with Crippen LogP contribution in [0.3, 0.4) is 0 Å². The second kappa shape index (κ2) is 6.31. The van der Waals surface area contributed by atoms with Crippen LogP contribution in [0.4, 0.5) is 0 Å². The van der Waals surface area contributed by atoms with E-state index in [4.69, 9.17) is 9.47 Å². The first-order valence-corrected chi connectivity index (χ1v) is 10.4. The molecule has 5 heteroatoms. The summed E-state index contributed by atoms with van der Waals surface area (Å²) in [6, 6.07) is 0. The molecule has 4 bridgehead atoms. The normalized spacial score (nSPS) is 35.3. The Balaban J connectivity index is 1.88. The minimum absolute atomic E-state index is 0.193. The van der Waals surface area contributed by atoms with E-state index in [-0.39, 0.29) is 29.6 Å². The van der Waals surface area contributed by atoms with E-state index in [0.717, 1.165) is 6.42 Å². The zero-order valence-electron chi connectivity index (χ0n) is 17.6. The van der Waals surface area contributed by atoms with Crippen LogP contribution in [-0.2, 0) is 23.9 Å². The van der Waals surface area contributed by atoms with Crippen LogP contribution in [0.5, 0.6) is 0 Å². The molecular formula is C22H34O5. The first-order chi connectivity index (χ1) is 12.4. The molecule has 0 aromatic heterocycles. The molecule has 152 valence electrons. The van der Waals surface area contributed by atoms with Gasteiger partial charge in [-0.3, -0.25) is 14.4 Å². The van der Waals surface area contributed by atoms with E-state index < -0.39 is 22.0 Å². The van der Waals surface area contributed by atoms with Crippen molar-refractivity contribution in [1.82, 2.24) is 0 Å². The van der Waals surface area contributed by atoms with Crippen LogP contribution < -0.4 is 0 Å². The highest BCUT2D eigenvalue weighted by Crippen LogP contribution is 2.62. The van der Waals surface area contributed by atoms with Crippen molar-refractivity contribution in [3.05, 3.63) is 0 Å². The van der Waals surface area contributed by atoms with Gasteiger partial charge in [0.2, 0.25) is 0 Å². The molecule has 0 saturated heterocycles. The van der Waals surface area contributed by atoms with E-state index in [9.17, 15) is 14.4 Å². The van der Waals surface area contributed by atoms with Crippen LogP contribution in [0.15, 0.2) is 0 Å². The lowest BCUT2D eigenvalue weighted by Gasteiger charge is -2.59. The molecule has 4 aliphatic rings. The Morgan fingerprint density at radius 1 is 1.00 bits per heavy atom. The topological polar surface area (TPSA) is 69.7 Å². The zero-order chi connectivity index (χ0) is 20.3. The second-order valence-electron chi connectivity index (χ2n) is 10.4. The number of rotatable bonds is 6. The fourth-order valence-corrected chi connectivity index (χ4v) is 5.06. The molecule has 0 radical (unpaired) electrons. The van der Waals surface area contributed by atoms with Gasteiger partial charge in [0.15, 0.2) is 0 Å². The molecule has 0 aliphatic heterocycles. The van der Waals surface area contributed by atoms with E-state index in [1.54, 1.807) is 0 Å². The molecule has 0 N–H and O–H groups in total. The third kappa shape index (κ3) is 3.42. The first kappa shape index (κ1) is 20.3. The van der Waals surface area contributed by atoms with Crippen molar-refractivity contribution in [3.8, 4) is 0 Å². The summed E-state index contributed by atoms with van der Waals surface area (Å²) in [6.45, 7) is 11.6. The van der Waals surface area contributed by atoms with Gasteiger partial charge in [0, 0.05) is 18.3 Å². The lowest BCUT2D eigenvalue weighted by molar-refractivity contribution is -0.219. The zero-order valence-corrected chi connectivity index (χ0v) is 17.6. The maximum Gasteiger partial charge on any atom is 0.312 e. The van der Waals surface area contributed by atoms with E-state index in [1.165, 1.54) is 0 Å². The molecule has 2 atom stereocenters. The molecule has 0 spiro atoms. The summed E-state index contributed by atoms with van der Waals surface area (Å²) in [5, 5.41) is 0. The number of esters is 2. The van der Waals surface area contributed by atoms with Gasteiger partial charge in [-0.1, -0.05) is 13.8 Å². The number of hydrogen-bond acceptors (Lipinski definition) is 5. The largest absolute Gasteiger partial charge is 0.459 e. The predicted molar refractivity (Wildman–Crippen MR) is 101 cm³/mol. The molecule has 0 aromatic rings. The fraction of sp³-hybridized carbons (Fsp3) is 0.864. The maximum atomic E-state index is 13.2. The van der Waals surface area contributed by atoms with Gasteiger partial charge in [-0.15, -0.1) is 0 Å². The van der Waals surface area contributed by atoms with Gasteiger partial charge in [0.05, 0.1) is 10.8 Å². The third-order valence-electron chi connectivity index (χ3n) is 7.38. The van der Waals surface area contributed by atoms with Crippen LogP contribution in [0, 0.1) is 22.7 Å². The molecule has 4 aliphatic carbocycles. The van der Waals surface area contributed by atoms with E-state index in [2.05, 4.69) is 0 Å². The Labute approximate surface area is 162 Å². The van der Waals surface area contributed by atoms with E-state index in [1.807, 2.05) is 41.5 Å². The molecular weight excluding hydrogens is 344 g/mol. The molecule has 4 rings (SSSR count). The summed E-state index contributed by atoms with van der Waals surface area (Å²) >= 11 is 0. The summed E-state index contributed by atoms with van der Waals surface area (Å²) < 4.78 is 11.9. The Bertz CT molecular complexity index is 642. The summed E-state index contributed by atoms with van der Waals surface area (Å²) in [5.41, 5.74) is -2.48. The lowest BCUT2D eigenvalue weighted by atomic mass is 9.47. The number of ether oxygens (including phenoxy) is 2. The van der Waals surface area contributed by atoms with E-state index in [0.29, 0.717) is 38.5 Å². The van der Waals surface area contributed by atoms with Crippen LogP contribution in [-0.4, -0.2) is 28.9 Å². The molecule has 4 fully saturated rings. The first-order valence-electron chi connectivity index (χ1n) is 10.4. The van der Waals surface area contributed by atoms with Gasteiger partial charge in [0.1, 0.15) is 17.0 Å². The second-order valence-corrected chi connectivity index (χ2v) is 10.4. The van der Waals surface area contributed by atoms with E-state index >= 15 is 0 Å². The van der Waals surface area contributed by atoms with Crippen LogP contribution in [0.2, 0.25) is 0 Å². The van der Waals surface area contributed by atoms with Crippen molar-refractivity contribution in [2.75, 3.05) is 0 Å². The number of Topliss-reactive ketones (excluding diaryl/α,β-unsaturated/α-hetero) is 1. The molecule has 4 saturated carbocycles. The number of carbonyl (C=O) groups excluding carboxylic acids is 3. The van der Waals surface area contributed by atoms with Gasteiger partial charge in [0.25, 0.3) is 0 Å². The van der Waals surface area contributed by atoms with Gasteiger partial charge in [-0.2, -0.15) is 0 Å². The minimum Gasteiger partial charge on any atom is -0.459 e. The highest BCUT2D eigenvalue weighted by Gasteiger charge is 2.66. The number of ketones is 1. The van der Waals surface area contributed by atoms with Crippen molar-refractivity contribution in [1.29, 1.82) is 0 Å². The molecule has 5 nitrogen and oxygen atoms in total. The van der Waals surface area contributed by atoms with Crippen molar-refractivity contribution in [2.24, 2.45) is 22.7 Å². The average Bonchev–Trinajstić information content (AvgIpc) is 2.58. The monoisotopic (exact) mass is 378 g/mol. The SMILES string of the molecule is CCC(C)(C)OC(=O)C12CC3CC(OC(=O)C(C)(C)CC)(CC(C1)C3=O)C2. The fourth-order valence-electron chi connectivity index (χ4n) is 5.06. The van der Waals surface area contributed by atoms with Crippen molar-refractivity contribution in [2.45, 2.75) is 97.7 Å². The molecule has 27 heavy (non-hydrogen) atoms. The molecule has 0 amide bonds. The lowest BCUT2D eigenvalue weighted by Crippen LogP contribution is -2.64. The molecule has 0 heterocycles. The summed E-state index contributed by atoms with van der Waals surface area (Å²) in [4.78, 5) is 38.6. The Hall–Kier alpha value is -1.39. The quantitative estimate of drug-likeness (QED) is 0.647. The smallest absolute Gasteiger partial charge is 0.312 e. The Kier molecular flexibility index (Phi) is 4.76. The van der Waals surface area contributed by atoms with Crippen LogP contribution >= 0.6 is 0 Å². The molecule has 0 aromatic carbocycles. The average molecular weight is 379 g/mol. The van der Waals surface area contributed by atoms with Gasteiger partial charge >= 0.3 is 11.9 Å². The van der Waals surface area contributed by atoms with Crippen LogP contribution in [0.1, 0.15) is 86.5 Å². The van der Waals surface area contributed by atoms with Crippen molar-refractivity contribution in [3.63, 3.8) is 0 Å². The third-order valence-corrected chi connectivity index (χ3v) is 7.38. The predicted octanol–water partition coefficient (Wildman–Crippen LogP) is 4.22. The highest BCUT2D eigenvalue weighted by atomic mass is 16.6. The van der Waals surface area contributed by atoms with Crippen molar-refractivity contribution >= 4 is 17.7 Å². The Morgan fingerprint density at radius 3 is 2.04 bits per heavy atom. The minimum atomic E-state index is -0.696. The summed E-state index contributed by atoms with van der Waals surface area (Å²) in [7, 11) is 0. The highest BCUT2D eigenvalue weighted by molar-refractivity contribution is 5.90. The van der Waals surface area contributed by atoms with Crippen molar-refractivity contribution < 1.29 is 23.9 Å². The maximum absolute atomic E-state index is 13.2. The van der Waals surface area contributed by atoms with Gasteiger partial charge < -0.3 is 9.47 Å². The van der Waals surface area contributed by atoms with Gasteiger partial charge in [-0.05, 0) is 66.2 Å².